The summed E-state index contributed by atoms with van der Waals surface area (Å²) < 4.78 is 1.27. The molecule has 10 saturated heterocycles. The Balaban J connectivity index is 1.44. The summed E-state index contributed by atoms with van der Waals surface area (Å²) in [4.78, 5) is 21.7. The first kappa shape index (κ1) is 10.1. The molecule has 2 nitrogen and oxygen atoms in total. The molecule has 10 aliphatic rings. The van der Waals surface area contributed by atoms with Crippen LogP contribution in [-0.4, -0.2) is 17.0 Å². The van der Waals surface area contributed by atoms with Crippen LogP contribution >= 0.6 is 11.3 Å². The van der Waals surface area contributed by atoms with Gasteiger partial charge in [0.1, 0.15) is 0 Å². The Morgan fingerprint density at radius 1 is 1.35 bits per heavy atom. The van der Waals surface area contributed by atoms with Crippen LogP contribution in [0.5, 0.6) is 0 Å². The van der Waals surface area contributed by atoms with Crippen molar-refractivity contribution in [2.24, 2.45) is 0 Å². The van der Waals surface area contributed by atoms with E-state index in [1.54, 1.807) is 11.3 Å². The molecule has 23 heavy (non-hydrogen) atoms. The van der Waals surface area contributed by atoms with Crippen molar-refractivity contribution in [1.82, 2.24) is 0 Å². The number of fused-ring (bicyclic) bond motifs is 10. The number of carbonyl (C=O) groups is 1. The van der Waals surface area contributed by atoms with E-state index in [1.165, 1.54) is 6.42 Å². The van der Waals surface area contributed by atoms with E-state index in [0.29, 0.717) is 14.4 Å². The van der Waals surface area contributed by atoms with Gasteiger partial charge in [0.15, 0.2) is 0 Å². The molecule has 4 heteroatoms. The fourth-order valence-electron chi connectivity index (χ4n) is 20.9. The fourth-order valence-corrected chi connectivity index (χ4v) is 102. The molecule has 0 bridgehead atoms. The zero-order chi connectivity index (χ0) is 15.1. The number of carbonyl (C=O) groups excluding carboxylic acids is 1. The molecule has 10 aliphatic heterocycles. The number of hydrogen-bond acceptors (Lipinski definition) is 3. The third-order valence-electron chi connectivity index (χ3n) is 17.6. The SMILES string of the molecule is CC[C]12[CH]3[CH]4[C]5(C(C)O)[CH]1[Fe]34251678[CH]2[CH]1[CH]6[C]7(C(=O)c1cccs1)[CH]28. The third-order valence-corrected chi connectivity index (χ3v) is 62.8. The van der Waals surface area contributed by atoms with Crippen LogP contribution in [0.3, 0.4) is 0 Å². The van der Waals surface area contributed by atoms with E-state index in [9.17, 15) is 9.90 Å². The van der Waals surface area contributed by atoms with E-state index in [2.05, 4.69) is 31.4 Å². The summed E-state index contributed by atoms with van der Waals surface area (Å²) in [5.41, 5.74) is 0. The summed E-state index contributed by atoms with van der Waals surface area (Å²) in [6.45, 7) is 0.646. The van der Waals surface area contributed by atoms with Gasteiger partial charge in [-0.25, -0.2) is 0 Å². The summed E-state index contributed by atoms with van der Waals surface area (Å²) in [6, 6.07) is 4.15. The molecule has 1 aromatic heterocycles. The molecule has 10 unspecified atom stereocenters. The Labute approximate surface area is 128 Å². The van der Waals surface area contributed by atoms with Gasteiger partial charge in [-0.1, -0.05) is 0 Å². The molecule has 1 spiro atoms. The van der Waals surface area contributed by atoms with Gasteiger partial charge in [0, 0.05) is 0 Å². The zero-order valence-corrected chi connectivity index (χ0v) is 15.1. The van der Waals surface area contributed by atoms with Gasteiger partial charge in [-0.3, -0.25) is 0 Å². The van der Waals surface area contributed by atoms with Crippen LogP contribution in [-0.2, 0) is 6.51 Å². The van der Waals surface area contributed by atoms with Gasteiger partial charge in [-0.15, -0.1) is 0 Å². The first-order valence-corrected chi connectivity index (χ1v) is 16.3. The second-order valence-electron chi connectivity index (χ2n) is 12.4. The Morgan fingerprint density at radius 3 is 2.52 bits per heavy atom. The zero-order valence-electron chi connectivity index (χ0n) is 13.2. The van der Waals surface area contributed by atoms with Crippen molar-refractivity contribution in [3.63, 3.8) is 0 Å². The van der Waals surface area contributed by atoms with E-state index in [4.69, 9.17) is 0 Å². The first-order chi connectivity index (χ1) is 10.8. The normalized spacial score (nSPS) is 99.0. The molecule has 10 fully saturated rings. The van der Waals surface area contributed by atoms with Crippen molar-refractivity contribution in [2.45, 2.75) is 73.0 Å². The number of aliphatic hydroxyl groups is 1. The number of ketones is 1. The third kappa shape index (κ3) is 0.123. The summed E-state index contributed by atoms with van der Waals surface area (Å²) in [5.74, 6) is 0.604. The average molecular weight is 368 g/mol. The second-order valence-corrected chi connectivity index (χ2v) is 36.4. The Kier molecular flexibility index (Phi) is 0.436. The Morgan fingerprint density at radius 2 is 2.09 bits per heavy atom. The monoisotopic (exact) mass is 368 g/mol. The van der Waals surface area contributed by atoms with Crippen LogP contribution < -0.4 is 0 Å². The average Bonchev–Trinajstić information content (AvgIpc) is 3.44. The van der Waals surface area contributed by atoms with Crippen molar-refractivity contribution in [2.75, 3.05) is 0 Å². The second kappa shape index (κ2) is 0.992. The van der Waals surface area contributed by atoms with Crippen LogP contribution in [0.2, 0.25) is 46.7 Å². The van der Waals surface area contributed by atoms with Crippen LogP contribution in [0.4, 0.5) is 0 Å². The van der Waals surface area contributed by atoms with Crippen molar-refractivity contribution < 1.29 is 16.4 Å². The Bertz CT molecular complexity index is 1440. The van der Waals surface area contributed by atoms with Gasteiger partial charge in [0.25, 0.3) is 0 Å². The van der Waals surface area contributed by atoms with Crippen LogP contribution in [0, 0.1) is 0 Å². The molecular formula is C19H20FeO2S. The first-order valence-electron chi connectivity index (χ1n) is 9.31. The fraction of sp³-hybridized carbons (Fsp3) is 0.737. The van der Waals surface area contributed by atoms with Crippen molar-refractivity contribution in [1.29, 1.82) is 0 Å². The number of Topliss-reactive ketones (excluding diaryl/α,β-unsaturated/α-hetero) is 1. The predicted octanol–water partition coefficient (Wildman–Crippen LogP) is 5.22. The standard InChI is InChI=1S/C10H7OS.C9H13O.Fe/c11-10(8-4-1-2-5-8)9-6-3-7-12-9;1-3-8-4-5-9(6-8)7(2)10;/h1-7H;4-7,10H,3H2,1-2H3;. The molecule has 122 valence electrons. The van der Waals surface area contributed by atoms with Crippen LogP contribution in [0.15, 0.2) is 17.5 Å². The van der Waals surface area contributed by atoms with Gasteiger partial charge in [0.2, 0.25) is 0 Å². The van der Waals surface area contributed by atoms with E-state index >= 15 is 0 Å². The minimum absolute atomic E-state index is 0.104. The van der Waals surface area contributed by atoms with Gasteiger partial charge < -0.3 is 0 Å². The molecule has 11 rings (SSSR count). The number of thiophene rings is 1. The van der Waals surface area contributed by atoms with Gasteiger partial charge in [-0.2, -0.15) is 0 Å². The molecule has 0 amide bonds. The van der Waals surface area contributed by atoms with E-state index in [1.807, 2.05) is 0 Å². The summed E-state index contributed by atoms with van der Waals surface area (Å²) >= 11 is 1.68. The summed E-state index contributed by atoms with van der Waals surface area (Å²) in [5, 5.41) is 13.1. The van der Waals surface area contributed by atoms with Gasteiger partial charge in [-0.05, 0) is 0 Å². The topological polar surface area (TPSA) is 37.3 Å². The van der Waals surface area contributed by atoms with E-state index in [-0.39, 0.29) is 10.4 Å². The molecule has 1 aromatic rings. The van der Waals surface area contributed by atoms with Gasteiger partial charge >= 0.3 is 129 Å². The quantitative estimate of drug-likeness (QED) is 0.584. The predicted molar refractivity (Wildman–Crippen MR) is 85.0 cm³/mol. The maximum absolute atomic E-state index is 13.9. The molecule has 0 aliphatic carbocycles. The van der Waals surface area contributed by atoms with E-state index in [0.717, 1.165) is 38.6 Å². The van der Waals surface area contributed by atoms with Crippen molar-refractivity contribution in [3.05, 3.63) is 22.4 Å². The molecule has 1 N–H and O–H groups in total. The summed E-state index contributed by atoms with van der Waals surface area (Å²) in [7, 11) is 0. The molecule has 0 saturated carbocycles. The van der Waals surface area contributed by atoms with Crippen LogP contribution in [0.25, 0.3) is 0 Å². The summed E-state index contributed by atoms with van der Waals surface area (Å²) in [6.07, 6.45) is 1.26. The van der Waals surface area contributed by atoms with Crippen molar-refractivity contribution in [3.8, 4) is 0 Å². The van der Waals surface area contributed by atoms with Crippen molar-refractivity contribution >= 4 is 17.1 Å². The molecule has 0 radical (unpaired) electrons. The van der Waals surface area contributed by atoms with E-state index < -0.39 is 6.51 Å². The molecule has 11 heterocycles. The number of rotatable bonds is 4. The molecular weight excluding hydrogens is 348 g/mol. The Hall–Kier alpha value is -0.151. The van der Waals surface area contributed by atoms with Crippen LogP contribution in [0.1, 0.15) is 29.9 Å². The maximum atomic E-state index is 13.9. The minimum atomic E-state index is -3.92. The molecule has 0 aromatic carbocycles. The number of hydrogen-bond donors (Lipinski definition) is 1. The molecule has 10 atom stereocenters. The van der Waals surface area contributed by atoms with Gasteiger partial charge in [0.05, 0.1) is 0 Å². The number of aliphatic hydroxyl groups excluding tert-OH is 1.